The summed E-state index contributed by atoms with van der Waals surface area (Å²) in [6, 6.07) is 12.8. The number of amides is 1. The van der Waals surface area contributed by atoms with Crippen LogP contribution >= 0.6 is 11.6 Å². The molecular weight excluding hydrogens is 274 g/mol. The second-order valence-corrected chi connectivity index (χ2v) is 4.86. The maximum absolute atomic E-state index is 12.2. The van der Waals surface area contributed by atoms with Gasteiger partial charge >= 0.3 is 0 Å². The first-order valence-corrected chi connectivity index (χ1v) is 6.53. The predicted octanol–water partition coefficient (Wildman–Crippen LogP) is 3.55. The predicted molar refractivity (Wildman–Crippen MR) is 79.3 cm³/mol. The molecule has 0 aliphatic heterocycles. The number of halogens is 1. The molecule has 2 aromatic heterocycles. The van der Waals surface area contributed by atoms with Crippen molar-refractivity contribution < 1.29 is 4.79 Å². The van der Waals surface area contributed by atoms with Gasteiger partial charge in [0.05, 0.1) is 10.7 Å². The SMILES string of the molecule is Cc1cccc2nc(C(=O)Nc3ccccc3Cl)cn12. The number of fused-ring (bicyclic) bond motifs is 1. The second-order valence-electron chi connectivity index (χ2n) is 4.46. The Morgan fingerprint density at radius 1 is 1.20 bits per heavy atom. The van der Waals surface area contributed by atoms with E-state index in [9.17, 15) is 4.79 Å². The van der Waals surface area contributed by atoms with Crippen LogP contribution in [0.2, 0.25) is 5.02 Å². The quantitative estimate of drug-likeness (QED) is 0.783. The fraction of sp³-hybridized carbons (Fsp3) is 0.0667. The highest BCUT2D eigenvalue weighted by Gasteiger charge is 2.12. The van der Waals surface area contributed by atoms with Gasteiger partial charge in [0.2, 0.25) is 0 Å². The van der Waals surface area contributed by atoms with Crippen LogP contribution in [0.15, 0.2) is 48.7 Å². The zero-order chi connectivity index (χ0) is 14.1. The number of carbonyl (C=O) groups excluding carboxylic acids is 1. The van der Waals surface area contributed by atoms with Crippen molar-refractivity contribution in [2.75, 3.05) is 5.32 Å². The molecule has 0 aliphatic carbocycles. The molecule has 3 rings (SSSR count). The standard InChI is InChI=1S/C15H12ClN3O/c1-10-5-4-8-14-17-13(9-19(10)14)15(20)18-12-7-3-2-6-11(12)16/h2-9H,1H3,(H,18,20). The fourth-order valence-corrected chi connectivity index (χ4v) is 2.19. The zero-order valence-electron chi connectivity index (χ0n) is 10.8. The van der Waals surface area contributed by atoms with Crippen LogP contribution in [0.5, 0.6) is 0 Å². The van der Waals surface area contributed by atoms with Crippen molar-refractivity contribution in [2.24, 2.45) is 0 Å². The summed E-state index contributed by atoms with van der Waals surface area (Å²) in [6.07, 6.45) is 1.72. The molecule has 2 heterocycles. The Morgan fingerprint density at radius 2 is 2.00 bits per heavy atom. The number of pyridine rings is 1. The Bertz CT molecular complexity index is 795. The molecule has 0 saturated carbocycles. The Balaban J connectivity index is 1.93. The molecule has 1 amide bonds. The first kappa shape index (κ1) is 12.7. The van der Waals surface area contributed by atoms with Gasteiger partial charge in [0.25, 0.3) is 5.91 Å². The van der Waals surface area contributed by atoms with Crippen molar-refractivity contribution in [3.8, 4) is 0 Å². The molecule has 5 heteroatoms. The minimum atomic E-state index is -0.277. The van der Waals surface area contributed by atoms with Gasteiger partial charge in [-0.1, -0.05) is 29.8 Å². The molecule has 100 valence electrons. The molecule has 0 spiro atoms. The van der Waals surface area contributed by atoms with Crippen molar-refractivity contribution in [1.29, 1.82) is 0 Å². The summed E-state index contributed by atoms with van der Waals surface area (Å²) in [7, 11) is 0. The molecule has 0 radical (unpaired) electrons. The van der Waals surface area contributed by atoms with Crippen LogP contribution in [0.4, 0.5) is 5.69 Å². The van der Waals surface area contributed by atoms with Crippen LogP contribution in [-0.2, 0) is 0 Å². The Labute approximate surface area is 121 Å². The third-order valence-electron chi connectivity index (χ3n) is 3.05. The molecule has 0 aliphatic rings. The van der Waals surface area contributed by atoms with Crippen molar-refractivity contribution in [3.05, 3.63) is 65.1 Å². The molecule has 1 N–H and O–H groups in total. The normalized spacial score (nSPS) is 10.7. The summed E-state index contributed by atoms with van der Waals surface area (Å²) in [6.45, 7) is 1.96. The number of hydrogen-bond donors (Lipinski definition) is 1. The van der Waals surface area contributed by atoms with Crippen LogP contribution in [0.3, 0.4) is 0 Å². The summed E-state index contributed by atoms with van der Waals surface area (Å²) in [5, 5.41) is 3.26. The maximum Gasteiger partial charge on any atom is 0.275 e. The number of nitrogens with one attached hydrogen (secondary N) is 1. The van der Waals surface area contributed by atoms with Crippen molar-refractivity contribution in [1.82, 2.24) is 9.38 Å². The highest BCUT2D eigenvalue weighted by Crippen LogP contribution is 2.21. The third kappa shape index (κ3) is 2.26. The molecular formula is C15H12ClN3O. The van der Waals surface area contributed by atoms with Gasteiger partial charge in [-0.15, -0.1) is 0 Å². The van der Waals surface area contributed by atoms with Gasteiger partial charge in [-0.25, -0.2) is 4.98 Å². The third-order valence-corrected chi connectivity index (χ3v) is 3.38. The smallest absolute Gasteiger partial charge is 0.275 e. The first-order valence-electron chi connectivity index (χ1n) is 6.16. The van der Waals surface area contributed by atoms with Crippen LogP contribution in [0, 0.1) is 6.92 Å². The second kappa shape index (κ2) is 4.98. The number of imidazole rings is 1. The van der Waals surface area contributed by atoms with Crippen LogP contribution in [-0.4, -0.2) is 15.3 Å². The highest BCUT2D eigenvalue weighted by atomic mass is 35.5. The van der Waals surface area contributed by atoms with Gasteiger partial charge in [0.1, 0.15) is 11.3 Å². The van der Waals surface area contributed by atoms with E-state index in [4.69, 9.17) is 11.6 Å². The van der Waals surface area contributed by atoms with E-state index in [0.717, 1.165) is 11.3 Å². The van der Waals surface area contributed by atoms with Crippen molar-refractivity contribution >= 4 is 28.8 Å². The average molecular weight is 286 g/mol. The van der Waals surface area contributed by atoms with Gasteiger partial charge in [0.15, 0.2) is 0 Å². The Morgan fingerprint density at radius 3 is 2.75 bits per heavy atom. The van der Waals surface area contributed by atoms with E-state index in [-0.39, 0.29) is 5.91 Å². The summed E-state index contributed by atoms with van der Waals surface area (Å²) < 4.78 is 1.88. The van der Waals surface area contributed by atoms with E-state index >= 15 is 0 Å². The van der Waals surface area contributed by atoms with Crippen molar-refractivity contribution in [3.63, 3.8) is 0 Å². The van der Waals surface area contributed by atoms with Gasteiger partial charge in [-0.3, -0.25) is 4.79 Å². The summed E-state index contributed by atoms with van der Waals surface area (Å²) in [4.78, 5) is 16.5. The number of rotatable bonds is 2. The van der Waals surface area contributed by atoms with Gasteiger partial charge in [0, 0.05) is 11.9 Å². The zero-order valence-corrected chi connectivity index (χ0v) is 11.6. The summed E-state index contributed by atoms with van der Waals surface area (Å²) >= 11 is 6.02. The number of para-hydroxylation sites is 1. The molecule has 0 unspecified atom stereocenters. The van der Waals surface area contributed by atoms with E-state index in [1.165, 1.54) is 0 Å². The number of aryl methyl sites for hydroxylation is 1. The monoisotopic (exact) mass is 285 g/mol. The average Bonchev–Trinajstić information content (AvgIpc) is 2.87. The van der Waals surface area contributed by atoms with Gasteiger partial charge < -0.3 is 9.72 Å². The summed E-state index contributed by atoms with van der Waals surface area (Å²) in [5.74, 6) is -0.277. The van der Waals surface area contributed by atoms with Gasteiger partial charge in [-0.2, -0.15) is 0 Å². The van der Waals surface area contributed by atoms with E-state index in [1.807, 2.05) is 41.7 Å². The molecule has 0 bridgehead atoms. The van der Waals surface area contributed by atoms with Crippen LogP contribution in [0.25, 0.3) is 5.65 Å². The molecule has 20 heavy (non-hydrogen) atoms. The molecule has 0 atom stereocenters. The van der Waals surface area contributed by atoms with Crippen LogP contribution in [0.1, 0.15) is 16.2 Å². The minimum Gasteiger partial charge on any atom is -0.319 e. The lowest BCUT2D eigenvalue weighted by Gasteiger charge is -2.04. The lowest BCUT2D eigenvalue weighted by Crippen LogP contribution is -2.12. The Kier molecular flexibility index (Phi) is 3.16. The number of carbonyl (C=O) groups is 1. The number of aromatic nitrogens is 2. The van der Waals surface area contributed by atoms with E-state index in [1.54, 1.807) is 18.3 Å². The lowest BCUT2D eigenvalue weighted by molar-refractivity contribution is 0.102. The molecule has 0 saturated heterocycles. The summed E-state index contributed by atoms with van der Waals surface area (Å²) in [5.41, 5.74) is 2.70. The molecule has 3 aromatic rings. The fourth-order valence-electron chi connectivity index (χ4n) is 2.01. The largest absolute Gasteiger partial charge is 0.319 e. The first-order chi connectivity index (χ1) is 9.65. The van der Waals surface area contributed by atoms with Crippen LogP contribution < -0.4 is 5.32 Å². The highest BCUT2D eigenvalue weighted by molar-refractivity contribution is 6.33. The van der Waals surface area contributed by atoms with Crippen molar-refractivity contribution in [2.45, 2.75) is 6.92 Å². The molecule has 1 aromatic carbocycles. The van der Waals surface area contributed by atoms with Gasteiger partial charge in [-0.05, 0) is 31.2 Å². The number of hydrogen-bond acceptors (Lipinski definition) is 2. The molecule has 0 fully saturated rings. The maximum atomic E-state index is 12.2. The van der Waals surface area contributed by atoms with E-state index in [2.05, 4.69) is 10.3 Å². The number of nitrogens with zero attached hydrogens (tertiary/aromatic N) is 2. The van der Waals surface area contributed by atoms with E-state index < -0.39 is 0 Å². The minimum absolute atomic E-state index is 0.277. The lowest BCUT2D eigenvalue weighted by atomic mass is 10.3. The number of benzene rings is 1. The number of anilines is 1. The Hall–Kier alpha value is -2.33. The topological polar surface area (TPSA) is 46.4 Å². The van der Waals surface area contributed by atoms with E-state index in [0.29, 0.717) is 16.4 Å². The molecule has 4 nitrogen and oxygen atoms in total.